The lowest BCUT2D eigenvalue weighted by Crippen LogP contribution is -2.39. The van der Waals surface area contributed by atoms with E-state index in [1.165, 1.54) is 31.4 Å². The quantitative estimate of drug-likeness (QED) is 0.709. The fourth-order valence-electron chi connectivity index (χ4n) is 4.77. The van der Waals surface area contributed by atoms with Crippen molar-refractivity contribution in [1.29, 1.82) is 0 Å². The Balaban J connectivity index is 1.28. The summed E-state index contributed by atoms with van der Waals surface area (Å²) in [5, 5.41) is 3.06. The number of hydrogen-bond acceptors (Lipinski definition) is 4. The summed E-state index contributed by atoms with van der Waals surface area (Å²) in [5.41, 5.74) is 1.86. The van der Waals surface area contributed by atoms with Crippen LogP contribution in [0, 0.1) is 0 Å². The number of rotatable bonds is 7. The molecular formula is C24H34N4O2. The molecule has 0 radical (unpaired) electrons. The van der Waals surface area contributed by atoms with Crippen LogP contribution in [0.15, 0.2) is 30.5 Å². The van der Waals surface area contributed by atoms with Crippen LogP contribution in [0.3, 0.4) is 0 Å². The Hall–Kier alpha value is -2.34. The Morgan fingerprint density at radius 1 is 1.23 bits per heavy atom. The second-order valence-electron chi connectivity index (χ2n) is 8.69. The molecule has 2 unspecified atom stereocenters. The van der Waals surface area contributed by atoms with Crippen molar-refractivity contribution in [1.82, 2.24) is 19.8 Å². The number of benzene rings is 1. The van der Waals surface area contributed by atoms with Crippen LogP contribution >= 0.6 is 0 Å². The number of ether oxygens (including phenoxy) is 1. The average molecular weight is 411 g/mol. The summed E-state index contributed by atoms with van der Waals surface area (Å²) in [5.74, 6) is 2.29. The van der Waals surface area contributed by atoms with Crippen LogP contribution in [0.25, 0.3) is 0 Å². The molecule has 1 aromatic heterocycles. The first-order valence-corrected chi connectivity index (χ1v) is 11.4. The number of likely N-dealkylation sites (tertiary alicyclic amines) is 1. The summed E-state index contributed by atoms with van der Waals surface area (Å²) in [6, 6.07) is 8.99. The largest absolute Gasteiger partial charge is 0.497 e. The Morgan fingerprint density at radius 2 is 2.07 bits per heavy atom. The van der Waals surface area contributed by atoms with E-state index in [0.29, 0.717) is 24.2 Å². The standard InChI is InChI=1S/C24H34N4O2/c1-18-6-3-4-14-27(18)15-5-13-25-24(29)22-17-28-16-20(9-12-23(28)26-22)19-7-10-21(30-2)11-8-19/h7-8,10-11,17-18,20H,3-6,9,12-16H2,1-2H3,(H,25,29). The Labute approximate surface area is 179 Å². The minimum Gasteiger partial charge on any atom is -0.497 e. The number of carbonyl (C=O) groups excluding carboxylic acids is 1. The summed E-state index contributed by atoms with van der Waals surface area (Å²) in [6.45, 7) is 6.14. The third kappa shape index (κ3) is 4.86. The van der Waals surface area contributed by atoms with Gasteiger partial charge in [-0.3, -0.25) is 4.79 Å². The van der Waals surface area contributed by atoms with Crippen LogP contribution in [-0.2, 0) is 13.0 Å². The van der Waals surface area contributed by atoms with Crippen molar-refractivity contribution in [2.45, 2.75) is 64.0 Å². The van der Waals surface area contributed by atoms with Crippen molar-refractivity contribution in [2.24, 2.45) is 0 Å². The van der Waals surface area contributed by atoms with Crippen LogP contribution in [0.1, 0.15) is 66.8 Å². The van der Waals surface area contributed by atoms with E-state index < -0.39 is 0 Å². The van der Waals surface area contributed by atoms with Gasteiger partial charge in [0.2, 0.25) is 0 Å². The molecule has 1 fully saturated rings. The topological polar surface area (TPSA) is 59.4 Å². The van der Waals surface area contributed by atoms with Gasteiger partial charge in [-0.2, -0.15) is 0 Å². The molecule has 30 heavy (non-hydrogen) atoms. The van der Waals surface area contributed by atoms with E-state index in [2.05, 4.69) is 38.8 Å². The van der Waals surface area contributed by atoms with Crippen LogP contribution in [0.5, 0.6) is 5.75 Å². The molecule has 6 nitrogen and oxygen atoms in total. The highest BCUT2D eigenvalue weighted by Gasteiger charge is 2.23. The van der Waals surface area contributed by atoms with E-state index in [1.807, 2.05) is 18.3 Å². The van der Waals surface area contributed by atoms with E-state index >= 15 is 0 Å². The molecule has 2 aliphatic rings. The maximum Gasteiger partial charge on any atom is 0.271 e. The molecule has 162 valence electrons. The van der Waals surface area contributed by atoms with Gasteiger partial charge in [-0.1, -0.05) is 18.6 Å². The molecule has 0 spiro atoms. The predicted octanol–water partition coefficient (Wildman–Crippen LogP) is 3.62. The van der Waals surface area contributed by atoms with Crippen LogP contribution in [-0.4, -0.2) is 53.1 Å². The van der Waals surface area contributed by atoms with E-state index in [0.717, 1.165) is 43.9 Å². The summed E-state index contributed by atoms with van der Waals surface area (Å²) >= 11 is 0. The number of imidazole rings is 1. The first-order valence-electron chi connectivity index (χ1n) is 11.4. The lowest BCUT2D eigenvalue weighted by atomic mass is 9.91. The maximum absolute atomic E-state index is 12.6. The molecule has 1 amide bonds. The van der Waals surface area contributed by atoms with E-state index in [4.69, 9.17) is 4.74 Å². The van der Waals surface area contributed by atoms with Crippen molar-refractivity contribution < 1.29 is 9.53 Å². The van der Waals surface area contributed by atoms with Gasteiger partial charge in [0.25, 0.3) is 5.91 Å². The second-order valence-corrected chi connectivity index (χ2v) is 8.69. The van der Waals surface area contributed by atoms with Crippen molar-refractivity contribution in [2.75, 3.05) is 26.7 Å². The lowest BCUT2D eigenvalue weighted by Gasteiger charge is -2.33. The number of aryl methyl sites for hydroxylation is 1. The summed E-state index contributed by atoms with van der Waals surface area (Å²) < 4.78 is 7.42. The van der Waals surface area contributed by atoms with Crippen LogP contribution in [0.2, 0.25) is 0 Å². The fraction of sp³-hybridized carbons (Fsp3) is 0.583. The molecule has 1 aromatic carbocycles. The highest BCUT2D eigenvalue weighted by Crippen LogP contribution is 2.30. The molecule has 0 saturated carbocycles. The second kappa shape index (κ2) is 9.65. The zero-order valence-electron chi connectivity index (χ0n) is 18.3. The Bertz CT molecular complexity index is 845. The molecule has 1 N–H and O–H groups in total. The fourth-order valence-corrected chi connectivity index (χ4v) is 4.77. The monoisotopic (exact) mass is 410 g/mol. The van der Waals surface area contributed by atoms with Crippen molar-refractivity contribution in [3.63, 3.8) is 0 Å². The highest BCUT2D eigenvalue weighted by atomic mass is 16.5. The third-order valence-corrected chi connectivity index (χ3v) is 6.66. The number of nitrogens with one attached hydrogen (secondary N) is 1. The van der Waals surface area contributed by atoms with Crippen LogP contribution < -0.4 is 10.1 Å². The average Bonchev–Trinajstić information content (AvgIpc) is 3.21. The molecule has 0 bridgehead atoms. The number of hydrogen-bond donors (Lipinski definition) is 1. The zero-order chi connectivity index (χ0) is 20.9. The van der Waals surface area contributed by atoms with Crippen molar-refractivity contribution >= 4 is 5.91 Å². The van der Waals surface area contributed by atoms with Gasteiger partial charge < -0.3 is 19.5 Å². The van der Waals surface area contributed by atoms with Gasteiger partial charge in [-0.05, 0) is 56.8 Å². The molecule has 2 aromatic rings. The molecule has 0 aliphatic carbocycles. The van der Waals surface area contributed by atoms with Gasteiger partial charge in [0.15, 0.2) is 0 Å². The molecular weight excluding hydrogens is 376 g/mol. The van der Waals surface area contributed by atoms with E-state index in [1.54, 1.807) is 7.11 Å². The zero-order valence-corrected chi connectivity index (χ0v) is 18.3. The predicted molar refractivity (Wildman–Crippen MR) is 118 cm³/mol. The number of fused-ring (bicyclic) bond motifs is 1. The maximum atomic E-state index is 12.6. The number of nitrogens with zero attached hydrogens (tertiary/aromatic N) is 3. The number of piperidine rings is 1. The normalized spacial score (nSPS) is 21.8. The number of carbonyl (C=O) groups is 1. The summed E-state index contributed by atoms with van der Waals surface area (Å²) in [6.07, 6.45) is 8.81. The van der Waals surface area contributed by atoms with Gasteiger partial charge in [0.1, 0.15) is 17.3 Å². The highest BCUT2D eigenvalue weighted by molar-refractivity contribution is 5.92. The van der Waals surface area contributed by atoms with E-state index in [9.17, 15) is 4.79 Å². The lowest BCUT2D eigenvalue weighted by molar-refractivity contribution is 0.0944. The smallest absolute Gasteiger partial charge is 0.271 e. The summed E-state index contributed by atoms with van der Waals surface area (Å²) in [7, 11) is 1.69. The van der Waals surface area contributed by atoms with Crippen molar-refractivity contribution in [3.8, 4) is 5.75 Å². The van der Waals surface area contributed by atoms with Gasteiger partial charge in [0.05, 0.1) is 7.11 Å². The first kappa shape index (κ1) is 20.9. The number of aromatic nitrogens is 2. The molecule has 4 rings (SSSR count). The van der Waals surface area contributed by atoms with Gasteiger partial charge in [-0.15, -0.1) is 0 Å². The first-order chi connectivity index (χ1) is 14.6. The minimum absolute atomic E-state index is 0.0513. The molecule has 6 heteroatoms. The Kier molecular flexibility index (Phi) is 6.72. The molecule has 2 atom stereocenters. The van der Waals surface area contributed by atoms with Crippen LogP contribution in [0.4, 0.5) is 0 Å². The number of methoxy groups -OCH3 is 1. The minimum atomic E-state index is -0.0513. The Morgan fingerprint density at radius 3 is 2.83 bits per heavy atom. The number of amides is 1. The van der Waals surface area contributed by atoms with E-state index in [-0.39, 0.29) is 5.91 Å². The third-order valence-electron chi connectivity index (χ3n) is 6.66. The SMILES string of the molecule is COc1ccc(C2CCc3nc(C(=O)NCCCN4CCCCC4C)cn3C2)cc1. The van der Waals surface area contributed by atoms with Gasteiger partial charge >= 0.3 is 0 Å². The molecule has 2 aliphatic heterocycles. The van der Waals surface area contributed by atoms with Gasteiger partial charge in [0, 0.05) is 44.2 Å². The summed E-state index contributed by atoms with van der Waals surface area (Å²) in [4.78, 5) is 19.7. The van der Waals surface area contributed by atoms with Gasteiger partial charge in [-0.25, -0.2) is 4.98 Å². The molecule has 1 saturated heterocycles. The molecule has 3 heterocycles. The van der Waals surface area contributed by atoms with Crippen molar-refractivity contribution in [3.05, 3.63) is 47.5 Å².